The topological polar surface area (TPSA) is 88.9 Å². The molecule has 1 unspecified atom stereocenters. The highest BCUT2D eigenvalue weighted by Gasteiger charge is 2.26. The lowest BCUT2D eigenvalue weighted by molar-refractivity contribution is 0.161. The number of hydrogen-bond acceptors (Lipinski definition) is 6. The third-order valence-electron chi connectivity index (χ3n) is 6.66. The van der Waals surface area contributed by atoms with Crippen LogP contribution in [-0.4, -0.2) is 37.2 Å². The van der Waals surface area contributed by atoms with Crippen molar-refractivity contribution in [3.05, 3.63) is 118 Å². The van der Waals surface area contributed by atoms with E-state index in [0.29, 0.717) is 48.7 Å². The molecule has 1 atom stereocenters. The first-order valence-electron chi connectivity index (χ1n) is 12.5. The lowest BCUT2D eigenvalue weighted by Gasteiger charge is -2.30. The van der Waals surface area contributed by atoms with Crippen molar-refractivity contribution in [1.29, 1.82) is 0 Å². The van der Waals surface area contributed by atoms with Gasteiger partial charge in [0, 0.05) is 24.7 Å². The highest BCUT2D eigenvalue weighted by Crippen LogP contribution is 2.27. The van der Waals surface area contributed by atoms with E-state index in [4.69, 9.17) is 4.74 Å². The fraction of sp³-hybridized carbons (Fsp3) is 0.241. The van der Waals surface area contributed by atoms with Gasteiger partial charge in [-0.25, -0.2) is 9.07 Å². The molecule has 0 saturated carbocycles. The van der Waals surface area contributed by atoms with Gasteiger partial charge in [-0.2, -0.15) is 0 Å². The zero-order valence-corrected chi connectivity index (χ0v) is 21.3. The molecule has 5 rings (SSSR count). The molecule has 2 aromatic heterocycles. The summed E-state index contributed by atoms with van der Waals surface area (Å²) in [7, 11) is 1.59. The number of nitrogens with zero attached hydrogens (tertiary/aromatic N) is 5. The number of methoxy groups -OCH3 is 1. The molecular formula is C29H29FN6O2. The molecule has 5 aromatic rings. The minimum Gasteiger partial charge on any atom is -0.497 e. The maximum Gasteiger partial charge on any atom is 0.252 e. The van der Waals surface area contributed by atoms with E-state index in [1.54, 1.807) is 23.9 Å². The Morgan fingerprint density at radius 3 is 2.53 bits per heavy atom. The van der Waals surface area contributed by atoms with Crippen molar-refractivity contribution in [2.75, 3.05) is 7.11 Å². The number of ether oxygens (including phenoxy) is 1. The number of aromatic nitrogens is 5. The number of tetrazole rings is 1. The van der Waals surface area contributed by atoms with E-state index < -0.39 is 0 Å². The smallest absolute Gasteiger partial charge is 0.252 e. The predicted molar refractivity (Wildman–Crippen MR) is 143 cm³/mol. The average molecular weight is 513 g/mol. The third-order valence-corrected chi connectivity index (χ3v) is 6.66. The van der Waals surface area contributed by atoms with Gasteiger partial charge >= 0.3 is 0 Å². The molecular weight excluding hydrogens is 483 g/mol. The second kappa shape index (κ2) is 11.4. The molecule has 9 heteroatoms. The number of halogens is 1. The number of H-pyrrole nitrogens is 1. The molecule has 0 fully saturated rings. The quantitative estimate of drug-likeness (QED) is 0.287. The van der Waals surface area contributed by atoms with Crippen molar-refractivity contribution >= 4 is 10.9 Å². The van der Waals surface area contributed by atoms with Crippen LogP contribution in [0.15, 0.2) is 83.7 Å². The SMILES string of the molecule is CCC(c1nnnn1Cc1ccccc1)N(Cc1ccc(F)cc1)Cc1cc2ccc(OC)cc2[nH]c1=O. The summed E-state index contributed by atoms with van der Waals surface area (Å²) >= 11 is 0. The molecule has 0 aliphatic rings. The Morgan fingerprint density at radius 2 is 1.79 bits per heavy atom. The summed E-state index contributed by atoms with van der Waals surface area (Å²) in [5.74, 6) is 1.09. The van der Waals surface area contributed by atoms with Gasteiger partial charge in [-0.15, -0.1) is 5.10 Å². The summed E-state index contributed by atoms with van der Waals surface area (Å²) in [5, 5.41) is 13.5. The van der Waals surface area contributed by atoms with Crippen molar-refractivity contribution in [3.8, 4) is 5.75 Å². The molecule has 0 amide bonds. The minimum atomic E-state index is -0.291. The van der Waals surface area contributed by atoms with Gasteiger partial charge < -0.3 is 9.72 Å². The molecule has 0 bridgehead atoms. The number of aromatic amines is 1. The largest absolute Gasteiger partial charge is 0.497 e. The van der Waals surface area contributed by atoms with Crippen LogP contribution in [0.5, 0.6) is 5.75 Å². The first-order valence-corrected chi connectivity index (χ1v) is 12.5. The number of hydrogen-bond donors (Lipinski definition) is 1. The Balaban J connectivity index is 1.51. The van der Waals surface area contributed by atoms with Crippen LogP contribution in [0.25, 0.3) is 10.9 Å². The normalized spacial score (nSPS) is 12.2. The molecule has 0 spiro atoms. The van der Waals surface area contributed by atoms with Gasteiger partial charge in [0.2, 0.25) is 0 Å². The van der Waals surface area contributed by atoms with Crippen molar-refractivity contribution in [1.82, 2.24) is 30.1 Å². The first kappa shape index (κ1) is 25.3. The number of benzene rings is 3. The fourth-order valence-corrected chi connectivity index (χ4v) is 4.71. The maximum absolute atomic E-state index is 13.6. The van der Waals surface area contributed by atoms with Gasteiger partial charge in [-0.05, 0) is 63.7 Å². The Kier molecular flexibility index (Phi) is 7.55. The lowest BCUT2D eigenvalue weighted by Crippen LogP contribution is -2.32. The van der Waals surface area contributed by atoms with Crippen LogP contribution in [0.4, 0.5) is 4.39 Å². The van der Waals surface area contributed by atoms with Gasteiger partial charge in [0.15, 0.2) is 5.82 Å². The van der Waals surface area contributed by atoms with E-state index in [1.807, 2.05) is 54.6 Å². The Labute approximate surface area is 219 Å². The average Bonchev–Trinajstić information content (AvgIpc) is 3.38. The van der Waals surface area contributed by atoms with Crippen LogP contribution in [0.3, 0.4) is 0 Å². The summed E-state index contributed by atoms with van der Waals surface area (Å²) in [6.07, 6.45) is 0.707. The van der Waals surface area contributed by atoms with Gasteiger partial charge in [-0.3, -0.25) is 9.69 Å². The Hall–Kier alpha value is -4.37. The van der Waals surface area contributed by atoms with E-state index in [1.165, 1.54) is 12.1 Å². The zero-order chi connectivity index (χ0) is 26.5. The molecule has 0 aliphatic heterocycles. The van der Waals surface area contributed by atoms with Crippen LogP contribution in [0.2, 0.25) is 0 Å². The number of pyridine rings is 1. The van der Waals surface area contributed by atoms with Crippen molar-refractivity contribution in [2.45, 2.75) is 39.0 Å². The molecule has 0 aliphatic carbocycles. The van der Waals surface area contributed by atoms with Gasteiger partial charge in [-0.1, -0.05) is 49.4 Å². The van der Waals surface area contributed by atoms with Gasteiger partial charge in [0.05, 0.1) is 25.2 Å². The Morgan fingerprint density at radius 1 is 1.00 bits per heavy atom. The van der Waals surface area contributed by atoms with E-state index in [-0.39, 0.29) is 17.4 Å². The summed E-state index contributed by atoms with van der Waals surface area (Å²) in [6.45, 7) is 3.44. The van der Waals surface area contributed by atoms with Crippen LogP contribution in [0, 0.1) is 5.82 Å². The third kappa shape index (κ3) is 5.63. The second-order valence-electron chi connectivity index (χ2n) is 9.21. The van der Waals surface area contributed by atoms with Crippen molar-refractivity contribution < 1.29 is 9.13 Å². The van der Waals surface area contributed by atoms with E-state index in [9.17, 15) is 9.18 Å². The maximum atomic E-state index is 13.6. The van der Waals surface area contributed by atoms with Gasteiger partial charge in [0.25, 0.3) is 5.56 Å². The lowest BCUT2D eigenvalue weighted by atomic mass is 10.1. The highest BCUT2D eigenvalue weighted by atomic mass is 19.1. The van der Waals surface area contributed by atoms with Crippen LogP contribution >= 0.6 is 0 Å². The molecule has 1 N–H and O–H groups in total. The van der Waals surface area contributed by atoms with Crippen molar-refractivity contribution in [2.24, 2.45) is 0 Å². The number of fused-ring (bicyclic) bond motifs is 1. The zero-order valence-electron chi connectivity index (χ0n) is 21.3. The molecule has 3 aromatic carbocycles. The monoisotopic (exact) mass is 512 g/mol. The highest BCUT2D eigenvalue weighted by molar-refractivity contribution is 5.80. The summed E-state index contributed by atoms with van der Waals surface area (Å²) in [4.78, 5) is 18.3. The molecule has 2 heterocycles. The molecule has 8 nitrogen and oxygen atoms in total. The number of nitrogens with one attached hydrogen (secondary N) is 1. The van der Waals surface area contributed by atoms with Crippen LogP contribution in [0.1, 0.15) is 41.9 Å². The standard InChI is InChI=1S/C29H29FN6O2/c1-3-27(28-32-33-34-36(28)18-20-7-5-4-6-8-20)35(17-21-9-12-24(30)13-10-21)19-23-15-22-11-14-25(38-2)16-26(22)31-29(23)37/h4-16,27H,3,17-19H2,1-2H3,(H,31,37). The minimum absolute atomic E-state index is 0.173. The van der Waals surface area contributed by atoms with E-state index >= 15 is 0 Å². The summed E-state index contributed by atoms with van der Waals surface area (Å²) in [5.41, 5.74) is 3.16. The molecule has 38 heavy (non-hydrogen) atoms. The van der Waals surface area contributed by atoms with Crippen molar-refractivity contribution in [3.63, 3.8) is 0 Å². The van der Waals surface area contributed by atoms with Gasteiger partial charge in [0.1, 0.15) is 11.6 Å². The molecule has 0 saturated heterocycles. The van der Waals surface area contributed by atoms with Crippen LogP contribution < -0.4 is 10.3 Å². The Bertz CT molecular complexity index is 1570. The van der Waals surface area contributed by atoms with Crippen LogP contribution in [-0.2, 0) is 19.6 Å². The fourth-order valence-electron chi connectivity index (χ4n) is 4.71. The predicted octanol–water partition coefficient (Wildman–Crippen LogP) is 4.86. The van der Waals surface area contributed by atoms with E-state index in [2.05, 4.69) is 32.3 Å². The van der Waals surface area contributed by atoms with E-state index in [0.717, 1.165) is 16.5 Å². The summed E-state index contributed by atoms with van der Waals surface area (Å²) < 4.78 is 20.7. The number of rotatable bonds is 10. The molecule has 0 radical (unpaired) electrons. The summed E-state index contributed by atoms with van der Waals surface area (Å²) in [6, 6.07) is 23.8. The second-order valence-corrected chi connectivity index (χ2v) is 9.21. The molecule has 194 valence electrons. The first-order chi connectivity index (χ1) is 18.5.